The second-order valence-corrected chi connectivity index (χ2v) is 8.75. The molecule has 3 amide bonds. The number of nitrogens with zero attached hydrogens (tertiary/aromatic N) is 3. The van der Waals surface area contributed by atoms with Crippen molar-refractivity contribution in [2.75, 3.05) is 43.4 Å². The van der Waals surface area contributed by atoms with Gasteiger partial charge in [-0.15, -0.1) is 11.8 Å². The predicted molar refractivity (Wildman–Crippen MR) is 122 cm³/mol. The number of rotatable bonds is 5. The van der Waals surface area contributed by atoms with Crippen LogP contribution in [0.1, 0.15) is 29.3 Å². The molecule has 0 aliphatic carbocycles. The summed E-state index contributed by atoms with van der Waals surface area (Å²) in [5.74, 6) is 0.442. The van der Waals surface area contributed by atoms with Gasteiger partial charge in [-0.3, -0.25) is 14.4 Å². The van der Waals surface area contributed by atoms with E-state index in [1.165, 1.54) is 17.3 Å². The highest BCUT2D eigenvalue weighted by Crippen LogP contribution is 2.30. The molecule has 6 nitrogen and oxygen atoms in total. The van der Waals surface area contributed by atoms with Crippen molar-refractivity contribution in [3.05, 3.63) is 59.7 Å². The monoisotopic (exact) mass is 437 g/mol. The Morgan fingerprint density at radius 3 is 2.29 bits per heavy atom. The van der Waals surface area contributed by atoms with Gasteiger partial charge in [0.05, 0.1) is 11.3 Å². The second kappa shape index (κ2) is 9.56. The van der Waals surface area contributed by atoms with Crippen molar-refractivity contribution < 1.29 is 14.4 Å². The molecule has 2 aromatic carbocycles. The Morgan fingerprint density at radius 1 is 0.839 bits per heavy atom. The van der Waals surface area contributed by atoms with Gasteiger partial charge in [0, 0.05) is 49.7 Å². The van der Waals surface area contributed by atoms with Crippen LogP contribution in [0, 0.1) is 0 Å². The summed E-state index contributed by atoms with van der Waals surface area (Å²) < 4.78 is 0. The minimum absolute atomic E-state index is 0.0364. The summed E-state index contributed by atoms with van der Waals surface area (Å²) in [6, 6.07) is 15.5. The Balaban J connectivity index is 1.39. The zero-order chi connectivity index (χ0) is 21.8. The lowest BCUT2D eigenvalue weighted by molar-refractivity contribution is -0.132. The van der Waals surface area contributed by atoms with E-state index in [-0.39, 0.29) is 23.5 Å². The Bertz CT molecular complexity index is 986. The van der Waals surface area contributed by atoms with Crippen LogP contribution in [0.4, 0.5) is 5.69 Å². The molecule has 7 heteroatoms. The summed E-state index contributed by atoms with van der Waals surface area (Å²) in [7, 11) is 0. The van der Waals surface area contributed by atoms with Crippen molar-refractivity contribution in [2.24, 2.45) is 0 Å². The van der Waals surface area contributed by atoms with Crippen LogP contribution in [-0.2, 0) is 16.0 Å². The lowest BCUT2D eigenvalue weighted by atomic mass is 10.1. The van der Waals surface area contributed by atoms with Gasteiger partial charge in [-0.1, -0.05) is 37.3 Å². The van der Waals surface area contributed by atoms with Crippen molar-refractivity contribution in [1.82, 2.24) is 9.80 Å². The summed E-state index contributed by atoms with van der Waals surface area (Å²) in [5.41, 5.74) is 2.83. The number of fused-ring (bicyclic) bond motifs is 1. The number of benzene rings is 2. The van der Waals surface area contributed by atoms with Gasteiger partial charge in [0.25, 0.3) is 5.91 Å². The number of anilines is 1. The van der Waals surface area contributed by atoms with Gasteiger partial charge in [0.15, 0.2) is 0 Å². The Morgan fingerprint density at radius 2 is 1.52 bits per heavy atom. The van der Waals surface area contributed by atoms with E-state index in [1.54, 1.807) is 4.90 Å². The number of thioether (sulfide) groups is 1. The van der Waals surface area contributed by atoms with Crippen LogP contribution in [0.25, 0.3) is 0 Å². The quantitative estimate of drug-likeness (QED) is 0.675. The molecular formula is C24H27N3O3S. The van der Waals surface area contributed by atoms with Crippen LogP contribution in [-0.4, -0.2) is 66.0 Å². The van der Waals surface area contributed by atoms with E-state index in [1.807, 2.05) is 59.2 Å². The third-order valence-corrected chi connectivity index (χ3v) is 6.94. The second-order valence-electron chi connectivity index (χ2n) is 7.74. The van der Waals surface area contributed by atoms with Crippen LogP contribution in [0.5, 0.6) is 0 Å². The third kappa shape index (κ3) is 4.61. The van der Waals surface area contributed by atoms with E-state index >= 15 is 0 Å². The Hall–Kier alpha value is -2.80. The van der Waals surface area contributed by atoms with Gasteiger partial charge >= 0.3 is 0 Å². The van der Waals surface area contributed by atoms with E-state index < -0.39 is 0 Å². The molecule has 1 fully saturated rings. The van der Waals surface area contributed by atoms with E-state index in [9.17, 15) is 14.4 Å². The first kappa shape index (κ1) is 21.4. The molecule has 0 bridgehead atoms. The van der Waals surface area contributed by atoms with E-state index in [4.69, 9.17) is 0 Å². The molecule has 162 valence electrons. The third-order valence-electron chi connectivity index (χ3n) is 5.88. The average molecular weight is 438 g/mol. The van der Waals surface area contributed by atoms with Crippen LogP contribution < -0.4 is 4.90 Å². The largest absolute Gasteiger partial charge is 0.339 e. The number of amides is 3. The van der Waals surface area contributed by atoms with Crippen molar-refractivity contribution in [2.45, 2.75) is 24.7 Å². The molecule has 1 saturated heterocycles. The highest BCUT2D eigenvalue weighted by atomic mass is 32.2. The normalized spacial score (nSPS) is 15.7. The topological polar surface area (TPSA) is 60.9 Å². The first-order valence-electron chi connectivity index (χ1n) is 10.8. The number of carbonyl (C=O) groups excluding carboxylic acids is 3. The van der Waals surface area contributed by atoms with Gasteiger partial charge in [0.1, 0.15) is 0 Å². The van der Waals surface area contributed by atoms with Crippen molar-refractivity contribution >= 4 is 35.2 Å². The Kier molecular flexibility index (Phi) is 6.61. The van der Waals surface area contributed by atoms with Crippen molar-refractivity contribution in [3.63, 3.8) is 0 Å². The fourth-order valence-corrected chi connectivity index (χ4v) is 5.06. The van der Waals surface area contributed by atoms with E-state index in [2.05, 4.69) is 6.07 Å². The maximum absolute atomic E-state index is 13.1. The van der Waals surface area contributed by atoms with E-state index in [0.717, 1.165) is 17.0 Å². The van der Waals surface area contributed by atoms with Crippen LogP contribution in [0.2, 0.25) is 0 Å². The van der Waals surface area contributed by atoms with Gasteiger partial charge in [0.2, 0.25) is 11.8 Å². The summed E-state index contributed by atoms with van der Waals surface area (Å²) >= 11 is 1.41. The summed E-state index contributed by atoms with van der Waals surface area (Å²) in [6.07, 6.45) is 1.37. The molecule has 2 heterocycles. The van der Waals surface area contributed by atoms with Gasteiger partial charge in [-0.2, -0.15) is 0 Å². The van der Waals surface area contributed by atoms with Gasteiger partial charge < -0.3 is 14.7 Å². The van der Waals surface area contributed by atoms with Crippen molar-refractivity contribution in [1.29, 1.82) is 0 Å². The molecule has 4 rings (SSSR count). The zero-order valence-electron chi connectivity index (χ0n) is 17.8. The summed E-state index contributed by atoms with van der Waals surface area (Å²) in [5, 5.41) is 0. The summed E-state index contributed by atoms with van der Waals surface area (Å²) in [4.78, 5) is 44.2. The Labute approximate surface area is 187 Å². The highest BCUT2D eigenvalue weighted by Gasteiger charge is 2.27. The summed E-state index contributed by atoms with van der Waals surface area (Å²) in [6.45, 7) is 4.77. The molecular weight excluding hydrogens is 410 g/mol. The van der Waals surface area contributed by atoms with Gasteiger partial charge in [-0.25, -0.2) is 0 Å². The smallest absolute Gasteiger partial charge is 0.255 e. The van der Waals surface area contributed by atoms with Crippen LogP contribution in [0.15, 0.2) is 53.4 Å². The minimum atomic E-state index is -0.0364. The van der Waals surface area contributed by atoms with Crippen molar-refractivity contribution in [3.8, 4) is 0 Å². The lowest BCUT2D eigenvalue weighted by Gasteiger charge is -2.35. The molecule has 0 aromatic heterocycles. The molecule has 2 aliphatic rings. The van der Waals surface area contributed by atoms with Crippen LogP contribution >= 0.6 is 11.8 Å². The molecule has 31 heavy (non-hydrogen) atoms. The fraction of sp³-hybridized carbons (Fsp3) is 0.375. The molecule has 0 unspecified atom stereocenters. The number of para-hydroxylation sites is 1. The molecule has 0 atom stereocenters. The van der Waals surface area contributed by atoms with Gasteiger partial charge in [-0.05, 0) is 30.2 Å². The first-order chi connectivity index (χ1) is 15.1. The first-order valence-corrected chi connectivity index (χ1v) is 11.7. The maximum Gasteiger partial charge on any atom is 0.255 e. The van der Waals surface area contributed by atoms with E-state index in [0.29, 0.717) is 44.7 Å². The maximum atomic E-state index is 13.1. The minimum Gasteiger partial charge on any atom is -0.339 e. The molecule has 2 aromatic rings. The zero-order valence-corrected chi connectivity index (χ0v) is 18.6. The predicted octanol–water partition coefficient (Wildman–Crippen LogP) is 3.06. The molecule has 0 radical (unpaired) electrons. The molecule has 0 N–H and O–H groups in total. The lowest BCUT2D eigenvalue weighted by Crippen LogP contribution is -2.50. The number of carbonyl (C=O) groups is 3. The average Bonchev–Trinajstić information content (AvgIpc) is 3.26. The molecule has 0 saturated carbocycles. The molecule has 2 aliphatic heterocycles. The standard InChI is InChI=1S/C24H27N3O3S/c1-2-22(28)25-13-15-26(16-14-25)24(30)19-8-4-6-10-21(19)31-17-23(29)27-12-11-18-7-3-5-9-20(18)27/h3-10H,2,11-17H2,1H3. The highest BCUT2D eigenvalue weighted by molar-refractivity contribution is 8.00. The number of piperazine rings is 1. The molecule has 0 spiro atoms. The number of hydrogen-bond acceptors (Lipinski definition) is 4. The van der Waals surface area contributed by atoms with Crippen LogP contribution in [0.3, 0.4) is 0 Å². The fourth-order valence-electron chi connectivity index (χ4n) is 4.14. The number of hydrogen-bond donors (Lipinski definition) is 0. The SMILES string of the molecule is CCC(=O)N1CCN(C(=O)c2ccccc2SCC(=O)N2CCc3ccccc32)CC1.